The number of rotatable bonds is 1. The van der Waals surface area contributed by atoms with Crippen molar-refractivity contribution in [1.82, 2.24) is 0 Å². The average molecular weight is 306 g/mol. The van der Waals surface area contributed by atoms with E-state index in [1.807, 2.05) is 6.07 Å². The Morgan fingerprint density at radius 2 is 2.22 bits per heavy atom. The lowest BCUT2D eigenvalue weighted by molar-refractivity contribution is -0.206. The number of fused-ring (bicyclic) bond motifs is 4. The number of nitrogens with zero attached hydrogens (tertiary/aromatic N) is 2. The third-order valence-corrected chi connectivity index (χ3v) is 7.23. The number of benzene rings is 1. The molecule has 0 radical (unpaired) electrons. The van der Waals surface area contributed by atoms with Crippen LogP contribution in [0.5, 0.6) is 0 Å². The van der Waals surface area contributed by atoms with Gasteiger partial charge in [0, 0.05) is 18.1 Å². The number of aliphatic imine (C=N–C) groups is 2. The number of ether oxygens (including phenoxy) is 1. The molecule has 4 nitrogen and oxygen atoms in total. The molecular formula is C19H18N2O2. The smallest absolute Gasteiger partial charge is 0.310 e. The molecule has 5 bridgehead atoms. The number of para-hydroxylation sites is 1. The topological polar surface area (TPSA) is 51.0 Å². The molecule has 116 valence electrons. The quantitative estimate of drug-likeness (QED) is 0.749. The second kappa shape index (κ2) is 3.58. The normalized spacial score (nSPS) is 47.2. The average Bonchev–Trinajstić information content (AvgIpc) is 2.89. The van der Waals surface area contributed by atoms with Gasteiger partial charge < -0.3 is 4.74 Å². The molecule has 1 aromatic carbocycles. The van der Waals surface area contributed by atoms with Gasteiger partial charge in [0.25, 0.3) is 0 Å². The molecule has 4 heterocycles. The van der Waals surface area contributed by atoms with Gasteiger partial charge in [0.05, 0.1) is 28.8 Å². The summed E-state index contributed by atoms with van der Waals surface area (Å²) in [7, 11) is 0. The SMILES string of the molecule is CCC12C=N[C@H]3C[C@@H]1[C@H]1C(=O)O[C@H]2C[C@@]12C3=Nc1ccccc12. The predicted octanol–water partition coefficient (Wildman–Crippen LogP) is 2.83. The Labute approximate surface area is 134 Å². The van der Waals surface area contributed by atoms with Crippen LogP contribution < -0.4 is 0 Å². The summed E-state index contributed by atoms with van der Waals surface area (Å²) in [6.45, 7) is 2.21. The van der Waals surface area contributed by atoms with E-state index in [4.69, 9.17) is 14.7 Å². The van der Waals surface area contributed by atoms with Crippen molar-refractivity contribution in [3.05, 3.63) is 29.8 Å². The van der Waals surface area contributed by atoms with E-state index in [1.54, 1.807) is 0 Å². The zero-order valence-corrected chi connectivity index (χ0v) is 13.0. The van der Waals surface area contributed by atoms with Crippen molar-refractivity contribution in [3.63, 3.8) is 0 Å². The van der Waals surface area contributed by atoms with Crippen molar-refractivity contribution in [2.24, 2.45) is 27.2 Å². The third kappa shape index (κ3) is 1.10. The van der Waals surface area contributed by atoms with Gasteiger partial charge in [0.15, 0.2) is 0 Å². The molecule has 0 N–H and O–H groups in total. The van der Waals surface area contributed by atoms with Gasteiger partial charge in [-0.05, 0) is 30.4 Å². The zero-order chi connectivity index (χ0) is 15.4. The van der Waals surface area contributed by atoms with Crippen LogP contribution in [0.2, 0.25) is 0 Å². The maximum absolute atomic E-state index is 12.8. The van der Waals surface area contributed by atoms with E-state index < -0.39 is 0 Å². The van der Waals surface area contributed by atoms with E-state index in [1.165, 1.54) is 5.56 Å². The van der Waals surface area contributed by atoms with Crippen LogP contribution in [0, 0.1) is 17.3 Å². The summed E-state index contributed by atoms with van der Waals surface area (Å²) in [5, 5.41) is 0. The number of carbonyl (C=O) groups is 1. The van der Waals surface area contributed by atoms with Crippen molar-refractivity contribution >= 4 is 23.6 Å². The number of esters is 1. The maximum atomic E-state index is 12.8. The van der Waals surface area contributed by atoms with Crippen molar-refractivity contribution in [3.8, 4) is 0 Å². The molecule has 23 heavy (non-hydrogen) atoms. The predicted molar refractivity (Wildman–Crippen MR) is 86.3 cm³/mol. The molecule has 2 aliphatic carbocycles. The number of carbonyl (C=O) groups excluding carboxylic acids is 1. The molecule has 2 saturated heterocycles. The highest BCUT2D eigenvalue weighted by molar-refractivity contribution is 6.11. The van der Waals surface area contributed by atoms with E-state index in [9.17, 15) is 4.79 Å². The first-order valence-electron chi connectivity index (χ1n) is 8.64. The van der Waals surface area contributed by atoms with Gasteiger partial charge in [-0.3, -0.25) is 14.8 Å². The van der Waals surface area contributed by atoms with Gasteiger partial charge in [-0.1, -0.05) is 25.1 Å². The zero-order valence-electron chi connectivity index (χ0n) is 13.0. The Hall–Kier alpha value is -1.97. The molecule has 4 heteroatoms. The van der Waals surface area contributed by atoms with Gasteiger partial charge in [0.1, 0.15) is 6.10 Å². The van der Waals surface area contributed by atoms with Crippen LogP contribution in [0.4, 0.5) is 5.69 Å². The summed E-state index contributed by atoms with van der Waals surface area (Å²) in [4.78, 5) is 22.7. The standard InChI is InChI=1S/C19H18N2O2/c1-2-18-9-20-13-7-11(18)15-17(22)23-14(18)8-19(15)10-5-3-4-6-12(10)21-16(13)19/h3-6,9,11,13-15H,2,7-8H2,1H3/t11-,13+,14+,15+,18?,19+/m1/s1. The van der Waals surface area contributed by atoms with Gasteiger partial charge in [-0.2, -0.15) is 0 Å². The monoisotopic (exact) mass is 306 g/mol. The van der Waals surface area contributed by atoms with Crippen LogP contribution in [0.3, 0.4) is 0 Å². The molecule has 1 spiro atoms. The van der Waals surface area contributed by atoms with E-state index in [0.717, 1.165) is 30.7 Å². The summed E-state index contributed by atoms with van der Waals surface area (Å²) in [5.41, 5.74) is 3.09. The van der Waals surface area contributed by atoms with Crippen molar-refractivity contribution in [2.75, 3.05) is 0 Å². The molecule has 4 fully saturated rings. The fourth-order valence-corrected chi connectivity index (χ4v) is 6.29. The summed E-state index contributed by atoms with van der Waals surface area (Å²) >= 11 is 0. The molecule has 6 atom stereocenters. The van der Waals surface area contributed by atoms with Crippen molar-refractivity contribution in [1.29, 1.82) is 0 Å². The number of hydrogen-bond acceptors (Lipinski definition) is 4. The van der Waals surface area contributed by atoms with E-state index in [2.05, 4.69) is 31.3 Å². The molecule has 0 amide bonds. The molecule has 6 aliphatic rings. The highest BCUT2D eigenvalue weighted by Crippen LogP contribution is 2.68. The molecule has 2 saturated carbocycles. The molecule has 7 rings (SSSR count). The van der Waals surface area contributed by atoms with Crippen molar-refractivity contribution in [2.45, 2.75) is 43.7 Å². The third-order valence-electron chi connectivity index (χ3n) is 7.23. The first-order chi connectivity index (χ1) is 11.2. The summed E-state index contributed by atoms with van der Waals surface area (Å²) in [5.74, 6) is 0.256. The summed E-state index contributed by atoms with van der Waals surface area (Å²) < 4.78 is 5.88. The van der Waals surface area contributed by atoms with Gasteiger partial charge in [0.2, 0.25) is 0 Å². The van der Waals surface area contributed by atoms with Crippen LogP contribution >= 0.6 is 0 Å². The number of hydrogen-bond donors (Lipinski definition) is 0. The van der Waals surface area contributed by atoms with E-state index in [-0.39, 0.29) is 34.9 Å². The fourth-order valence-electron chi connectivity index (χ4n) is 6.29. The van der Waals surface area contributed by atoms with Gasteiger partial charge in [-0.15, -0.1) is 0 Å². The van der Waals surface area contributed by atoms with E-state index >= 15 is 0 Å². The molecule has 0 aromatic heterocycles. The van der Waals surface area contributed by atoms with Gasteiger partial charge in [-0.25, -0.2) is 0 Å². The van der Waals surface area contributed by atoms with E-state index in [0.29, 0.717) is 5.92 Å². The molecule has 1 aromatic rings. The van der Waals surface area contributed by atoms with Crippen LogP contribution in [0.25, 0.3) is 0 Å². The first kappa shape index (κ1) is 12.5. The highest BCUT2D eigenvalue weighted by atomic mass is 16.5. The molecular weight excluding hydrogens is 288 g/mol. The second-order valence-electron chi connectivity index (χ2n) is 7.69. The summed E-state index contributed by atoms with van der Waals surface area (Å²) in [6.07, 6.45) is 4.90. The summed E-state index contributed by atoms with van der Waals surface area (Å²) in [6, 6.07) is 8.49. The fraction of sp³-hybridized carbons (Fsp3) is 0.526. The minimum atomic E-state index is -0.249. The first-order valence-corrected chi connectivity index (χ1v) is 8.64. The molecule has 4 aliphatic heterocycles. The Bertz CT molecular complexity index is 828. The lowest BCUT2D eigenvalue weighted by Crippen LogP contribution is -2.74. The van der Waals surface area contributed by atoms with Crippen LogP contribution in [-0.2, 0) is 14.9 Å². The largest absolute Gasteiger partial charge is 0.461 e. The lowest BCUT2D eigenvalue weighted by Gasteiger charge is -2.65. The van der Waals surface area contributed by atoms with Crippen LogP contribution in [0.15, 0.2) is 34.3 Å². The maximum Gasteiger partial charge on any atom is 0.310 e. The van der Waals surface area contributed by atoms with Crippen molar-refractivity contribution < 1.29 is 9.53 Å². The van der Waals surface area contributed by atoms with Crippen LogP contribution in [0.1, 0.15) is 31.7 Å². The minimum absolute atomic E-state index is 0.00604. The lowest BCUT2D eigenvalue weighted by atomic mass is 9.41. The Balaban J connectivity index is 1.70. The Kier molecular flexibility index (Phi) is 1.94. The van der Waals surface area contributed by atoms with Gasteiger partial charge >= 0.3 is 5.97 Å². The second-order valence-corrected chi connectivity index (χ2v) is 7.69. The molecule has 1 unspecified atom stereocenters. The minimum Gasteiger partial charge on any atom is -0.461 e. The Morgan fingerprint density at radius 3 is 3.09 bits per heavy atom. The highest BCUT2D eigenvalue weighted by Gasteiger charge is 2.74. The van der Waals surface area contributed by atoms with Crippen LogP contribution in [-0.4, -0.2) is 30.0 Å². The Morgan fingerprint density at radius 1 is 1.35 bits per heavy atom.